The summed E-state index contributed by atoms with van der Waals surface area (Å²) in [5.74, 6) is 0. The second-order valence-electron chi connectivity index (χ2n) is 5.32. The molecule has 1 unspecified atom stereocenters. The van der Waals surface area contributed by atoms with Gasteiger partial charge in [-0.15, -0.1) is 4.59 Å². The first-order valence-corrected chi connectivity index (χ1v) is 6.64. The molecule has 0 spiro atoms. The predicted octanol–water partition coefficient (Wildman–Crippen LogP) is 2.97. The maximum Gasteiger partial charge on any atom is 0.175 e. The van der Waals surface area contributed by atoms with Crippen molar-refractivity contribution in [2.45, 2.75) is 6.92 Å². The highest BCUT2D eigenvalue weighted by atomic mass is 15.6. The Hall–Kier alpha value is -2.46. The molecule has 0 aliphatic carbocycles. The summed E-state index contributed by atoms with van der Waals surface area (Å²) in [6, 6.07) is 6.28. The molecular formula is C16H15N4+. The molecule has 2 aromatic heterocycles. The molecule has 0 fully saturated rings. The van der Waals surface area contributed by atoms with Crippen LogP contribution in [0.1, 0.15) is 12.6 Å². The molecule has 0 aromatic carbocycles. The van der Waals surface area contributed by atoms with Gasteiger partial charge in [0.2, 0.25) is 0 Å². The highest BCUT2D eigenvalue weighted by molar-refractivity contribution is 5.88. The third-order valence-corrected chi connectivity index (χ3v) is 4.00. The van der Waals surface area contributed by atoms with E-state index in [2.05, 4.69) is 65.0 Å². The van der Waals surface area contributed by atoms with Crippen molar-refractivity contribution in [1.82, 2.24) is 9.38 Å². The number of hydrogen-bond donors (Lipinski definition) is 0. The Balaban J connectivity index is 2.02. The van der Waals surface area contributed by atoms with E-state index in [0.717, 1.165) is 11.2 Å². The monoisotopic (exact) mass is 263 g/mol. The van der Waals surface area contributed by atoms with Crippen molar-refractivity contribution < 1.29 is 4.59 Å². The van der Waals surface area contributed by atoms with Crippen LogP contribution in [0.5, 0.6) is 0 Å². The summed E-state index contributed by atoms with van der Waals surface area (Å²) in [5.41, 5.74) is 5.94. The van der Waals surface area contributed by atoms with E-state index in [9.17, 15) is 0 Å². The van der Waals surface area contributed by atoms with E-state index in [0.29, 0.717) is 4.59 Å². The van der Waals surface area contributed by atoms with Gasteiger partial charge in [-0.05, 0) is 30.7 Å². The highest BCUT2D eigenvalue weighted by Gasteiger charge is 2.36. The molecule has 0 radical (unpaired) electrons. The van der Waals surface area contributed by atoms with Gasteiger partial charge in [-0.25, -0.2) is 4.98 Å². The van der Waals surface area contributed by atoms with Crippen LogP contribution in [0, 0.1) is 0 Å². The Morgan fingerprint density at radius 1 is 1.25 bits per heavy atom. The van der Waals surface area contributed by atoms with Crippen LogP contribution in [0.25, 0.3) is 11.1 Å². The number of allylic oxidation sites excluding steroid dienone is 4. The fraction of sp³-hybridized carbons (Fsp3) is 0.125. The lowest BCUT2D eigenvalue weighted by molar-refractivity contribution is -0.820. The van der Waals surface area contributed by atoms with E-state index in [1.54, 1.807) is 0 Å². The molecule has 2 aliphatic rings. The number of hydrogen-bond acceptors (Lipinski definition) is 2. The maximum absolute atomic E-state index is 4.54. The van der Waals surface area contributed by atoms with Gasteiger partial charge in [0.1, 0.15) is 13.2 Å². The SMILES string of the molecule is CC1=C(c2cccc3cncn23)C2=CC=N[N+]2(C)C=C1. The van der Waals surface area contributed by atoms with Gasteiger partial charge >= 0.3 is 0 Å². The van der Waals surface area contributed by atoms with Crippen LogP contribution in [-0.4, -0.2) is 27.2 Å². The molecule has 4 nitrogen and oxygen atoms in total. The number of nitrogens with zero attached hydrogens (tertiary/aromatic N) is 4. The van der Waals surface area contributed by atoms with Crippen molar-refractivity contribution >= 4 is 17.3 Å². The molecular weight excluding hydrogens is 248 g/mol. The van der Waals surface area contributed by atoms with Gasteiger partial charge < -0.3 is 0 Å². The Morgan fingerprint density at radius 3 is 3.05 bits per heavy atom. The Morgan fingerprint density at radius 2 is 2.15 bits per heavy atom. The second-order valence-corrected chi connectivity index (χ2v) is 5.32. The van der Waals surface area contributed by atoms with Crippen LogP contribution in [-0.2, 0) is 0 Å². The zero-order valence-corrected chi connectivity index (χ0v) is 11.5. The summed E-state index contributed by atoms with van der Waals surface area (Å²) in [7, 11) is 2.09. The molecule has 0 amide bonds. The van der Waals surface area contributed by atoms with Crippen molar-refractivity contribution in [1.29, 1.82) is 0 Å². The van der Waals surface area contributed by atoms with E-state index in [-0.39, 0.29) is 0 Å². The Bertz CT molecular complexity index is 835. The van der Waals surface area contributed by atoms with Crippen molar-refractivity contribution in [2.75, 3.05) is 7.05 Å². The molecule has 0 bridgehead atoms. The van der Waals surface area contributed by atoms with Gasteiger partial charge in [0, 0.05) is 6.08 Å². The van der Waals surface area contributed by atoms with Crippen LogP contribution >= 0.6 is 0 Å². The smallest absolute Gasteiger partial charge is 0.175 e. The third kappa shape index (κ3) is 1.39. The predicted molar refractivity (Wildman–Crippen MR) is 79.7 cm³/mol. The average molecular weight is 263 g/mol. The molecule has 2 aromatic rings. The molecule has 4 heteroatoms. The molecule has 1 atom stereocenters. The number of quaternary nitrogens is 1. The minimum Gasteiger partial charge on any atom is -0.299 e. The minimum absolute atomic E-state index is 0.484. The van der Waals surface area contributed by atoms with Crippen LogP contribution in [0.3, 0.4) is 0 Å². The fourth-order valence-corrected chi connectivity index (χ4v) is 2.91. The van der Waals surface area contributed by atoms with Crippen LogP contribution in [0.4, 0.5) is 0 Å². The molecule has 2 aliphatic heterocycles. The summed E-state index contributed by atoms with van der Waals surface area (Å²) in [5, 5.41) is 4.54. The molecule has 4 heterocycles. The third-order valence-electron chi connectivity index (χ3n) is 4.00. The van der Waals surface area contributed by atoms with E-state index in [1.807, 2.05) is 18.7 Å². The zero-order chi connectivity index (χ0) is 13.7. The number of fused-ring (bicyclic) bond motifs is 2. The normalized spacial score (nSPS) is 24.4. The lowest BCUT2D eigenvalue weighted by Crippen LogP contribution is -2.31. The number of imidazole rings is 1. The summed E-state index contributed by atoms with van der Waals surface area (Å²) in [6.07, 6.45) is 12.0. The van der Waals surface area contributed by atoms with Crippen LogP contribution in [0.15, 0.2) is 65.4 Å². The van der Waals surface area contributed by atoms with Gasteiger partial charge in [-0.3, -0.25) is 4.40 Å². The van der Waals surface area contributed by atoms with Crippen LogP contribution < -0.4 is 0 Å². The number of rotatable bonds is 1. The minimum atomic E-state index is 0.484. The van der Waals surface area contributed by atoms with Crippen LogP contribution in [0.2, 0.25) is 0 Å². The Kier molecular flexibility index (Phi) is 2.15. The van der Waals surface area contributed by atoms with Crippen molar-refractivity contribution in [3.63, 3.8) is 0 Å². The van der Waals surface area contributed by atoms with Crippen molar-refractivity contribution in [3.05, 3.63) is 66.0 Å². The molecule has 4 rings (SSSR count). The van der Waals surface area contributed by atoms with E-state index >= 15 is 0 Å². The summed E-state index contributed by atoms with van der Waals surface area (Å²) >= 11 is 0. The van der Waals surface area contributed by atoms with E-state index in [4.69, 9.17) is 0 Å². The van der Waals surface area contributed by atoms with E-state index < -0.39 is 0 Å². The van der Waals surface area contributed by atoms with Crippen molar-refractivity contribution in [2.24, 2.45) is 5.10 Å². The summed E-state index contributed by atoms with van der Waals surface area (Å²) in [4.78, 5) is 4.25. The highest BCUT2D eigenvalue weighted by Crippen LogP contribution is 2.39. The van der Waals surface area contributed by atoms with Gasteiger partial charge in [-0.1, -0.05) is 11.2 Å². The van der Waals surface area contributed by atoms with Crippen molar-refractivity contribution in [3.8, 4) is 0 Å². The second kappa shape index (κ2) is 3.77. The summed E-state index contributed by atoms with van der Waals surface area (Å²) in [6.45, 7) is 2.14. The largest absolute Gasteiger partial charge is 0.299 e. The topological polar surface area (TPSA) is 29.7 Å². The molecule has 20 heavy (non-hydrogen) atoms. The fourth-order valence-electron chi connectivity index (χ4n) is 2.91. The zero-order valence-electron chi connectivity index (χ0n) is 11.5. The van der Waals surface area contributed by atoms with Gasteiger partial charge in [0.15, 0.2) is 5.70 Å². The number of aromatic nitrogens is 2. The standard InChI is InChI=1S/C16H15N4/c1-12-7-9-20(2)15(6-8-18-20)16(12)14-5-3-4-13-10-17-11-19(13)14/h3-11H,1-2H3/q+1. The lowest BCUT2D eigenvalue weighted by atomic mass is 9.97. The number of likely N-dealkylation sites (N-methyl/N-ethyl adjacent to an activating group) is 1. The first-order chi connectivity index (χ1) is 9.69. The van der Waals surface area contributed by atoms with Gasteiger partial charge in [0.25, 0.3) is 0 Å². The summed E-state index contributed by atoms with van der Waals surface area (Å²) < 4.78 is 2.61. The molecule has 0 saturated carbocycles. The average Bonchev–Trinajstić information content (AvgIpc) is 3.05. The number of pyridine rings is 1. The Labute approximate surface area is 117 Å². The maximum atomic E-state index is 4.54. The first kappa shape index (κ1) is 11.4. The first-order valence-electron chi connectivity index (χ1n) is 6.64. The quantitative estimate of drug-likeness (QED) is 0.727. The molecule has 98 valence electrons. The van der Waals surface area contributed by atoms with Gasteiger partial charge in [-0.2, -0.15) is 0 Å². The van der Waals surface area contributed by atoms with E-state index in [1.165, 1.54) is 16.8 Å². The molecule has 0 saturated heterocycles. The van der Waals surface area contributed by atoms with Gasteiger partial charge in [0.05, 0.1) is 35.5 Å². The lowest BCUT2D eigenvalue weighted by Gasteiger charge is -2.28. The molecule has 0 N–H and O–H groups in total.